The van der Waals surface area contributed by atoms with Gasteiger partial charge in [0, 0.05) is 5.56 Å². The van der Waals surface area contributed by atoms with E-state index >= 15 is 0 Å². The normalized spacial score (nSPS) is 9.41. The van der Waals surface area contributed by atoms with Gasteiger partial charge in [0.15, 0.2) is 6.61 Å². The number of nitrogens with zero attached hydrogens (tertiary/aromatic N) is 1. The lowest BCUT2D eigenvalue weighted by atomic mass is 10.2. The summed E-state index contributed by atoms with van der Waals surface area (Å²) in [6.45, 7) is -0.312. The zero-order valence-electron chi connectivity index (χ0n) is 11.6. The molecule has 0 unspecified atom stereocenters. The van der Waals surface area contributed by atoms with Gasteiger partial charge in [-0.05, 0) is 24.3 Å². The molecule has 0 aromatic heterocycles. The summed E-state index contributed by atoms with van der Waals surface area (Å²) < 4.78 is 5.24. The second-order valence-electron chi connectivity index (χ2n) is 4.26. The Morgan fingerprint density at radius 1 is 1.00 bits per heavy atom. The van der Waals surface area contributed by atoms with Crippen molar-refractivity contribution in [2.75, 3.05) is 6.61 Å². The molecule has 0 aliphatic rings. The van der Waals surface area contributed by atoms with E-state index in [-0.39, 0.29) is 6.61 Å². The maximum atomic E-state index is 11.7. The molecule has 0 spiro atoms. The Labute approximate surface area is 127 Å². The first-order chi connectivity index (χ1) is 10.7. The van der Waals surface area contributed by atoms with Gasteiger partial charge in [-0.15, -0.1) is 0 Å². The lowest BCUT2D eigenvalue weighted by molar-refractivity contribution is -0.123. The molecule has 0 radical (unpaired) electrons. The topological polar surface area (TPSA) is 91.2 Å². The summed E-state index contributed by atoms with van der Waals surface area (Å²) in [6.07, 6.45) is 0. The molecule has 0 atom stereocenters. The molecule has 6 heteroatoms. The Balaban J connectivity index is 1.81. The molecule has 0 saturated carbocycles. The van der Waals surface area contributed by atoms with Crippen molar-refractivity contribution in [3.63, 3.8) is 0 Å². The summed E-state index contributed by atoms with van der Waals surface area (Å²) in [5.74, 6) is -0.641. The lowest BCUT2D eigenvalue weighted by Crippen LogP contribution is -2.43. The number of ether oxygens (including phenoxy) is 1. The van der Waals surface area contributed by atoms with Crippen LogP contribution in [0.4, 0.5) is 0 Å². The Morgan fingerprint density at radius 2 is 1.68 bits per heavy atom. The fourth-order valence-corrected chi connectivity index (χ4v) is 1.65. The van der Waals surface area contributed by atoms with E-state index in [0.717, 1.165) is 0 Å². The number of amides is 2. The van der Waals surface area contributed by atoms with Gasteiger partial charge in [-0.3, -0.25) is 20.4 Å². The van der Waals surface area contributed by atoms with Crippen molar-refractivity contribution in [2.45, 2.75) is 0 Å². The van der Waals surface area contributed by atoms with Crippen LogP contribution in [0.2, 0.25) is 0 Å². The van der Waals surface area contributed by atoms with Crippen molar-refractivity contribution < 1.29 is 14.3 Å². The summed E-state index contributed by atoms with van der Waals surface area (Å²) in [5.41, 5.74) is 5.29. The third kappa shape index (κ3) is 4.08. The second kappa shape index (κ2) is 7.45. The van der Waals surface area contributed by atoms with E-state index in [1.165, 1.54) is 0 Å². The number of carbonyl (C=O) groups is 2. The highest BCUT2D eigenvalue weighted by atomic mass is 16.5. The number of nitriles is 1. The van der Waals surface area contributed by atoms with Crippen LogP contribution in [0.5, 0.6) is 5.75 Å². The van der Waals surface area contributed by atoms with Gasteiger partial charge in [-0.25, -0.2) is 0 Å². The predicted octanol–water partition coefficient (Wildman–Crippen LogP) is 1.40. The zero-order valence-corrected chi connectivity index (χ0v) is 11.6. The molecule has 22 heavy (non-hydrogen) atoms. The average molecular weight is 295 g/mol. The Morgan fingerprint density at radius 3 is 2.41 bits per heavy atom. The van der Waals surface area contributed by atoms with Crippen LogP contribution >= 0.6 is 0 Å². The number of rotatable bonds is 4. The van der Waals surface area contributed by atoms with Crippen LogP contribution in [0.25, 0.3) is 0 Å². The molecule has 0 heterocycles. The Kier molecular flexibility index (Phi) is 5.10. The minimum atomic E-state index is -0.531. The number of hydrogen-bond acceptors (Lipinski definition) is 4. The molecule has 2 N–H and O–H groups in total. The van der Waals surface area contributed by atoms with Crippen molar-refractivity contribution in [3.05, 3.63) is 65.7 Å². The summed E-state index contributed by atoms with van der Waals surface area (Å²) in [4.78, 5) is 23.3. The minimum Gasteiger partial charge on any atom is -0.482 e. The maximum absolute atomic E-state index is 11.7. The lowest BCUT2D eigenvalue weighted by Gasteiger charge is -2.09. The molecule has 2 aromatic rings. The van der Waals surface area contributed by atoms with Crippen molar-refractivity contribution in [2.24, 2.45) is 0 Å². The van der Waals surface area contributed by atoms with E-state index in [9.17, 15) is 9.59 Å². The van der Waals surface area contributed by atoms with E-state index in [0.29, 0.717) is 16.9 Å². The van der Waals surface area contributed by atoms with Gasteiger partial charge in [0.1, 0.15) is 11.8 Å². The molecular formula is C16H13N3O3. The van der Waals surface area contributed by atoms with Crippen LogP contribution in [0.3, 0.4) is 0 Å². The second-order valence-corrected chi connectivity index (χ2v) is 4.26. The molecular weight excluding hydrogens is 282 g/mol. The molecule has 0 bridgehead atoms. The first-order valence-corrected chi connectivity index (χ1v) is 6.47. The molecule has 0 aliphatic heterocycles. The van der Waals surface area contributed by atoms with Gasteiger partial charge < -0.3 is 4.74 Å². The highest BCUT2D eigenvalue weighted by Crippen LogP contribution is 2.15. The van der Waals surface area contributed by atoms with Gasteiger partial charge in [-0.1, -0.05) is 30.3 Å². The number of nitrogens with one attached hydrogen (secondary N) is 2. The zero-order chi connectivity index (χ0) is 15.8. The van der Waals surface area contributed by atoms with Crippen molar-refractivity contribution in [1.82, 2.24) is 10.9 Å². The molecule has 0 saturated heterocycles. The van der Waals surface area contributed by atoms with Gasteiger partial charge in [0.05, 0.1) is 5.56 Å². The molecule has 6 nitrogen and oxygen atoms in total. The fourth-order valence-electron chi connectivity index (χ4n) is 1.65. The van der Waals surface area contributed by atoms with E-state index < -0.39 is 11.8 Å². The number of benzene rings is 2. The first kappa shape index (κ1) is 15.1. The summed E-state index contributed by atoms with van der Waals surface area (Å²) >= 11 is 0. The summed E-state index contributed by atoms with van der Waals surface area (Å²) in [7, 11) is 0. The van der Waals surface area contributed by atoms with Crippen LogP contribution in [-0.4, -0.2) is 18.4 Å². The Bertz CT molecular complexity index is 708. The summed E-state index contributed by atoms with van der Waals surface area (Å²) in [5, 5.41) is 8.90. The quantitative estimate of drug-likeness (QED) is 0.834. The smallest absolute Gasteiger partial charge is 0.276 e. The highest BCUT2D eigenvalue weighted by Gasteiger charge is 2.08. The van der Waals surface area contributed by atoms with E-state index in [4.69, 9.17) is 10.00 Å². The van der Waals surface area contributed by atoms with E-state index in [2.05, 4.69) is 10.9 Å². The number of para-hydroxylation sites is 1. The van der Waals surface area contributed by atoms with Crippen molar-refractivity contribution >= 4 is 11.8 Å². The predicted molar refractivity (Wildman–Crippen MR) is 78.7 cm³/mol. The van der Waals surface area contributed by atoms with Crippen molar-refractivity contribution in [1.29, 1.82) is 5.26 Å². The van der Waals surface area contributed by atoms with E-state index in [1.54, 1.807) is 54.6 Å². The van der Waals surface area contributed by atoms with Gasteiger partial charge in [-0.2, -0.15) is 5.26 Å². The van der Waals surface area contributed by atoms with Crippen LogP contribution in [0, 0.1) is 11.3 Å². The number of hydrazine groups is 1. The maximum Gasteiger partial charge on any atom is 0.276 e. The average Bonchev–Trinajstić information content (AvgIpc) is 2.58. The molecule has 110 valence electrons. The largest absolute Gasteiger partial charge is 0.482 e. The van der Waals surface area contributed by atoms with Crippen LogP contribution < -0.4 is 15.6 Å². The van der Waals surface area contributed by atoms with Crippen molar-refractivity contribution in [3.8, 4) is 11.8 Å². The first-order valence-electron chi connectivity index (χ1n) is 6.47. The molecule has 2 rings (SSSR count). The minimum absolute atomic E-state index is 0.312. The third-order valence-electron chi connectivity index (χ3n) is 2.72. The SMILES string of the molecule is N#Cc1ccccc1OCC(=O)NNC(=O)c1ccccc1. The van der Waals surface area contributed by atoms with Gasteiger partial charge in [0.25, 0.3) is 11.8 Å². The highest BCUT2D eigenvalue weighted by molar-refractivity contribution is 5.95. The van der Waals surface area contributed by atoms with Gasteiger partial charge >= 0.3 is 0 Å². The molecule has 2 aromatic carbocycles. The molecule has 0 aliphatic carbocycles. The van der Waals surface area contributed by atoms with Crippen LogP contribution in [0.15, 0.2) is 54.6 Å². The monoisotopic (exact) mass is 295 g/mol. The third-order valence-corrected chi connectivity index (χ3v) is 2.72. The standard InChI is InChI=1S/C16H13N3O3/c17-10-13-8-4-5-9-14(13)22-11-15(20)18-19-16(21)12-6-2-1-3-7-12/h1-9H,11H2,(H,18,20)(H,19,21). The van der Waals surface area contributed by atoms with Crippen LogP contribution in [-0.2, 0) is 4.79 Å². The fraction of sp³-hybridized carbons (Fsp3) is 0.0625. The van der Waals surface area contributed by atoms with E-state index in [1.807, 2.05) is 6.07 Å². The molecule has 0 fully saturated rings. The number of carbonyl (C=O) groups excluding carboxylic acids is 2. The number of hydrogen-bond donors (Lipinski definition) is 2. The van der Waals surface area contributed by atoms with Crippen LogP contribution in [0.1, 0.15) is 15.9 Å². The summed E-state index contributed by atoms with van der Waals surface area (Å²) in [6, 6.07) is 17.0. The molecule has 2 amide bonds. The van der Waals surface area contributed by atoms with Gasteiger partial charge in [0.2, 0.25) is 0 Å². The Hall–Kier alpha value is -3.33.